The Morgan fingerprint density at radius 1 is 1.18 bits per heavy atom. The molecule has 4 fully saturated rings. The van der Waals surface area contributed by atoms with Crippen LogP contribution < -0.4 is 27.1 Å². The number of rotatable bonds is 3. The minimum absolute atomic E-state index is 0.0287. The standard InChI is InChI=1S/C17H32F2N8O/c1-25-6-10(19)13(12-4-21-8-26(12)2)11(7-25)23-17(28)14-15(20)24-27-5-9(18)3-22-16(14)27/h9-16,21-22,24H,3-8,20H2,1-2H3,(H,23,28). The second-order valence-electron chi connectivity index (χ2n) is 8.65. The zero-order valence-electron chi connectivity index (χ0n) is 16.4. The van der Waals surface area contributed by atoms with Gasteiger partial charge < -0.3 is 21.3 Å². The van der Waals surface area contributed by atoms with Crippen LogP contribution in [0.15, 0.2) is 0 Å². The van der Waals surface area contributed by atoms with Crippen molar-refractivity contribution in [2.45, 2.75) is 36.8 Å². The maximum Gasteiger partial charge on any atom is 0.229 e. The number of carbonyl (C=O) groups is 1. The van der Waals surface area contributed by atoms with Crippen molar-refractivity contribution in [3.8, 4) is 0 Å². The molecule has 0 saturated carbocycles. The van der Waals surface area contributed by atoms with E-state index < -0.39 is 24.4 Å². The molecule has 6 N–H and O–H groups in total. The van der Waals surface area contributed by atoms with Crippen LogP contribution in [-0.4, -0.2) is 111 Å². The molecule has 9 nitrogen and oxygen atoms in total. The van der Waals surface area contributed by atoms with Gasteiger partial charge in [0.05, 0.1) is 18.2 Å². The van der Waals surface area contributed by atoms with Gasteiger partial charge in [0, 0.05) is 57.4 Å². The smallest absolute Gasteiger partial charge is 0.229 e. The first kappa shape index (κ1) is 20.3. The maximum absolute atomic E-state index is 15.0. The van der Waals surface area contributed by atoms with E-state index in [0.717, 1.165) is 0 Å². The lowest BCUT2D eigenvalue weighted by atomic mass is 9.83. The van der Waals surface area contributed by atoms with E-state index in [1.807, 2.05) is 19.0 Å². The van der Waals surface area contributed by atoms with Crippen LogP contribution in [0.25, 0.3) is 0 Å². The molecule has 4 aliphatic heterocycles. The molecule has 0 aromatic rings. The summed E-state index contributed by atoms with van der Waals surface area (Å²) >= 11 is 0. The molecule has 160 valence electrons. The average Bonchev–Trinajstić information content (AvgIpc) is 3.16. The van der Waals surface area contributed by atoms with Gasteiger partial charge in [-0.05, 0) is 14.1 Å². The van der Waals surface area contributed by atoms with Crippen LogP contribution in [0.2, 0.25) is 0 Å². The number of halogens is 2. The van der Waals surface area contributed by atoms with Gasteiger partial charge >= 0.3 is 0 Å². The third-order valence-electron chi connectivity index (χ3n) is 6.55. The molecule has 0 aromatic heterocycles. The number of hydrogen-bond acceptors (Lipinski definition) is 8. The second-order valence-corrected chi connectivity index (χ2v) is 8.65. The van der Waals surface area contributed by atoms with E-state index in [-0.39, 0.29) is 43.2 Å². The van der Waals surface area contributed by atoms with Gasteiger partial charge in [-0.3, -0.25) is 15.0 Å². The van der Waals surface area contributed by atoms with Gasteiger partial charge in [-0.1, -0.05) is 0 Å². The van der Waals surface area contributed by atoms with Crippen molar-refractivity contribution in [1.82, 2.24) is 36.2 Å². The van der Waals surface area contributed by atoms with Gasteiger partial charge in [-0.15, -0.1) is 0 Å². The van der Waals surface area contributed by atoms with Gasteiger partial charge in [0.25, 0.3) is 0 Å². The quantitative estimate of drug-likeness (QED) is 0.346. The number of nitrogens with one attached hydrogen (secondary N) is 4. The topological polar surface area (TPSA) is 101 Å². The largest absolute Gasteiger partial charge is 0.351 e. The van der Waals surface area contributed by atoms with E-state index in [1.165, 1.54) is 0 Å². The summed E-state index contributed by atoms with van der Waals surface area (Å²) in [6.45, 7) is 2.76. The summed E-state index contributed by atoms with van der Waals surface area (Å²) in [6, 6.07) is -0.284. The Morgan fingerprint density at radius 2 is 1.96 bits per heavy atom. The fourth-order valence-electron chi connectivity index (χ4n) is 5.20. The molecule has 4 heterocycles. The van der Waals surface area contributed by atoms with Crippen molar-refractivity contribution < 1.29 is 13.6 Å². The summed E-state index contributed by atoms with van der Waals surface area (Å²) in [7, 11) is 3.84. The van der Waals surface area contributed by atoms with E-state index in [9.17, 15) is 9.18 Å². The van der Waals surface area contributed by atoms with Gasteiger partial charge in [0.2, 0.25) is 5.91 Å². The van der Waals surface area contributed by atoms with Crippen molar-refractivity contribution in [3.05, 3.63) is 0 Å². The highest BCUT2D eigenvalue weighted by Gasteiger charge is 2.49. The molecule has 0 radical (unpaired) electrons. The molecule has 4 saturated heterocycles. The highest BCUT2D eigenvalue weighted by molar-refractivity contribution is 5.80. The molecule has 8 unspecified atom stereocenters. The van der Waals surface area contributed by atoms with Gasteiger partial charge in [-0.25, -0.2) is 19.2 Å². The van der Waals surface area contributed by atoms with Crippen molar-refractivity contribution in [1.29, 1.82) is 0 Å². The molecule has 0 spiro atoms. The van der Waals surface area contributed by atoms with Crippen molar-refractivity contribution in [2.75, 3.05) is 53.5 Å². The number of hydrogen-bond donors (Lipinski definition) is 5. The summed E-state index contributed by atoms with van der Waals surface area (Å²) in [5.41, 5.74) is 9.14. The van der Waals surface area contributed by atoms with Gasteiger partial charge in [-0.2, -0.15) is 0 Å². The van der Waals surface area contributed by atoms with Crippen LogP contribution in [0, 0.1) is 11.8 Å². The predicted molar refractivity (Wildman–Crippen MR) is 100 cm³/mol. The average molecular weight is 402 g/mol. The Balaban J connectivity index is 1.48. The molecule has 4 rings (SSSR count). The van der Waals surface area contributed by atoms with Crippen molar-refractivity contribution in [3.63, 3.8) is 0 Å². The normalized spacial score (nSPS) is 45.9. The fourth-order valence-corrected chi connectivity index (χ4v) is 5.20. The predicted octanol–water partition coefficient (Wildman–Crippen LogP) is -2.78. The summed E-state index contributed by atoms with van der Waals surface area (Å²) in [6.07, 6.45) is -3.01. The van der Waals surface area contributed by atoms with E-state index in [0.29, 0.717) is 26.3 Å². The molecule has 4 aliphatic rings. The number of hydrazine groups is 1. The van der Waals surface area contributed by atoms with Crippen LogP contribution in [0.1, 0.15) is 0 Å². The number of alkyl halides is 2. The molecule has 8 atom stereocenters. The third kappa shape index (κ3) is 3.76. The first-order chi connectivity index (χ1) is 13.3. The Bertz CT molecular complexity index is 585. The van der Waals surface area contributed by atoms with Crippen LogP contribution in [-0.2, 0) is 4.79 Å². The van der Waals surface area contributed by atoms with Crippen LogP contribution >= 0.6 is 0 Å². The highest BCUT2D eigenvalue weighted by atomic mass is 19.1. The minimum atomic E-state index is -1.02. The Morgan fingerprint density at radius 3 is 2.68 bits per heavy atom. The number of piperidine rings is 1. The maximum atomic E-state index is 15.0. The summed E-state index contributed by atoms with van der Waals surface area (Å²) < 4.78 is 28.7. The van der Waals surface area contributed by atoms with Crippen LogP contribution in [0.4, 0.5) is 8.78 Å². The molecule has 0 aromatic carbocycles. The Labute approximate surface area is 164 Å². The summed E-state index contributed by atoms with van der Waals surface area (Å²) in [5.74, 6) is -1.09. The van der Waals surface area contributed by atoms with Crippen LogP contribution in [0.3, 0.4) is 0 Å². The fraction of sp³-hybridized carbons (Fsp3) is 0.941. The Hall–Kier alpha value is -0.950. The van der Waals surface area contributed by atoms with E-state index >= 15 is 4.39 Å². The number of fused-ring (bicyclic) bond motifs is 1. The van der Waals surface area contributed by atoms with Crippen LogP contribution in [0.5, 0.6) is 0 Å². The van der Waals surface area contributed by atoms with Gasteiger partial charge in [0.1, 0.15) is 12.3 Å². The molecule has 1 amide bonds. The first-order valence-electron chi connectivity index (χ1n) is 10.0. The molecule has 28 heavy (non-hydrogen) atoms. The Kier molecular flexibility index (Phi) is 5.85. The third-order valence-corrected chi connectivity index (χ3v) is 6.55. The second kappa shape index (κ2) is 8.05. The first-order valence-corrected chi connectivity index (χ1v) is 10.0. The number of likely N-dealkylation sites (N-methyl/N-ethyl adjacent to an activating group) is 2. The van der Waals surface area contributed by atoms with E-state index in [4.69, 9.17) is 5.73 Å². The lowest BCUT2D eigenvalue weighted by Gasteiger charge is -2.44. The number of likely N-dealkylation sites (tertiary alicyclic amines) is 1. The lowest BCUT2D eigenvalue weighted by molar-refractivity contribution is -0.129. The van der Waals surface area contributed by atoms with Crippen molar-refractivity contribution >= 4 is 5.91 Å². The SMILES string of the molecule is CN1CC(F)C(C2CNCN2C)C(NC(=O)C2C(N)NN3CC(F)CNC23)C1. The molecular weight excluding hydrogens is 370 g/mol. The summed E-state index contributed by atoms with van der Waals surface area (Å²) in [4.78, 5) is 17.2. The summed E-state index contributed by atoms with van der Waals surface area (Å²) in [5, 5.41) is 11.1. The monoisotopic (exact) mass is 402 g/mol. The number of nitrogens with two attached hydrogens (primary N) is 1. The van der Waals surface area contributed by atoms with Gasteiger partial charge in [0.15, 0.2) is 0 Å². The zero-order valence-corrected chi connectivity index (χ0v) is 16.4. The van der Waals surface area contributed by atoms with E-state index in [2.05, 4.69) is 26.3 Å². The number of amides is 1. The van der Waals surface area contributed by atoms with Crippen molar-refractivity contribution in [2.24, 2.45) is 17.6 Å². The molecule has 0 aliphatic carbocycles. The number of carbonyl (C=O) groups excluding carboxylic acids is 1. The van der Waals surface area contributed by atoms with E-state index in [1.54, 1.807) is 5.01 Å². The highest BCUT2D eigenvalue weighted by Crippen LogP contribution is 2.29. The lowest BCUT2D eigenvalue weighted by Crippen LogP contribution is -2.64. The molecule has 11 heteroatoms. The molecular formula is C17H32F2N8O. The zero-order chi connectivity index (χ0) is 20.0. The number of nitrogens with zero attached hydrogens (tertiary/aromatic N) is 3. The molecule has 0 bridgehead atoms. The minimum Gasteiger partial charge on any atom is -0.351 e.